The first-order valence-corrected chi connectivity index (χ1v) is 13.5. The molecule has 0 bridgehead atoms. The fourth-order valence-corrected chi connectivity index (χ4v) is 7.28. The predicted octanol–water partition coefficient (Wildman–Crippen LogP) is 3.32. The Morgan fingerprint density at radius 3 is 1.56 bits per heavy atom. The molecule has 1 aromatic carbocycles. The lowest BCUT2D eigenvalue weighted by atomic mass is 10.2. The minimum Gasteiger partial charge on any atom is -0.373 e. The molecule has 158 valence electrons. The van der Waals surface area contributed by atoms with Crippen LogP contribution in [0.25, 0.3) is 0 Å². The van der Waals surface area contributed by atoms with E-state index in [1.54, 1.807) is 21.3 Å². The minimum atomic E-state index is -2.74. The Kier molecular flexibility index (Phi) is 14.9. The molecule has 1 rings (SSSR count). The van der Waals surface area contributed by atoms with E-state index in [2.05, 4.69) is 0 Å². The van der Waals surface area contributed by atoms with Crippen molar-refractivity contribution in [3.8, 4) is 0 Å². The van der Waals surface area contributed by atoms with Gasteiger partial charge >= 0.3 is 17.6 Å². The maximum atomic E-state index is 5.86. The molecule has 0 atom stereocenters. The van der Waals surface area contributed by atoms with Crippen LogP contribution in [-0.2, 0) is 32.4 Å². The molecule has 1 aromatic rings. The minimum absolute atomic E-state index is 0.322. The van der Waals surface area contributed by atoms with E-state index in [0.29, 0.717) is 31.2 Å². The summed E-state index contributed by atoms with van der Waals surface area (Å²) in [5.41, 5.74) is 1.30. The van der Waals surface area contributed by atoms with Crippen LogP contribution >= 0.6 is 23.2 Å². The maximum absolute atomic E-state index is 5.86. The van der Waals surface area contributed by atoms with E-state index in [-0.39, 0.29) is 0 Å². The molecule has 0 aromatic heterocycles. The maximum Gasteiger partial charge on any atom is 0.536 e. The summed E-state index contributed by atoms with van der Waals surface area (Å²) in [7, 11) is -0.485. The molecule has 27 heavy (non-hydrogen) atoms. The molecular weight excluding hydrogens is 427 g/mol. The van der Waals surface area contributed by atoms with Crippen LogP contribution in [0.3, 0.4) is 0 Å². The zero-order valence-corrected chi connectivity index (χ0v) is 20.6. The fourth-order valence-electron chi connectivity index (χ4n) is 2.42. The van der Waals surface area contributed by atoms with Gasteiger partial charge in [0.2, 0.25) is 0 Å². The first-order valence-electron chi connectivity index (χ1n) is 8.76. The molecule has 0 aliphatic rings. The molecule has 0 saturated heterocycles. The number of hydrogen-bond acceptors (Lipinski definition) is 6. The molecule has 0 radical (unpaired) electrons. The molecular formula is C17H32Cl2O6Si2. The standard InChI is InChI=1S/C10H15ClO3Si.C7H17ClO3Si/c1-12-15(13-2,14-3)10-7-5-4-6-9(10)8-11;1-4-9-12(7-8,10-5-2)11-6-3/h4-7H,8H2,1-3H3;4-7H2,1-3H3. The van der Waals surface area contributed by atoms with Crippen LogP contribution in [0.15, 0.2) is 24.3 Å². The molecule has 0 fully saturated rings. The zero-order valence-electron chi connectivity index (χ0n) is 17.1. The van der Waals surface area contributed by atoms with Gasteiger partial charge in [0.05, 0.1) is 5.50 Å². The summed E-state index contributed by atoms with van der Waals surface area (Å²) in [6, 6.07) is 7.73. The molecule has 0 amide bonds. The smallest absolute Gasteiger partial charge is 0.373 e. The van der Waals surface area contributed by atoms with Crippen LogP contribution in [0.4, 0.5) is 0 Å². The lowest BCUT2D eigenvalue weighted by Crippen LogP contribution is -2.55. The summed E-state index contributed by atoms with van der Waals surface area (Å²) < 4.78 is 32.5. The molecule has 0 spiro atoms. The van der Waals surface area contributed by atoms with Gasteiger partial charge in [0.25, 0.3) is 0 Å². The van der Waals surface area contributed by atoms with Gasteiger partial charge < -0.3 is 26.6 Å². The summed E-state index contributed by atoms with van der Waals surface area (Å²) in [6.07, 6.45) is 0. The predicted molar refractivity (Wildman–Crippen MR) is 114 cm³/mol. The summed E-state index contributed by atoms with van der Waals surface area (Å²) in [4.78, 5) is 0. The molecule has 0 aliphatic heterocycles. The summed E-state index contributed by atoms with van der Waals surface area (Å²) in [5.74, 6) is 0.418. The van der Waals surface area contributed by atoms with Gasteiger partial charge in [-0.05, 0) is 26.3 Å². The van der Waals surface area contributed by atoms with E-state index in [1.165, 1.54) is 0 Å². The second kappa shape index (κ2) is 14.9. The highest BCUT2D eigenvalue weighted by molar-refractivity contribution is 6.75. The fraction of sp³-hybridized carbons (Fsp3) is 0.647. The van der Waals surface area contributed by atoms with Gasteiger partial charge in [-0.15, -0.1) is 23.2 Å². The zero-order chi connectivity index (χ0) is 20.8. The van der Waals surface area contributed by atoms with Crippen LogP contribution in [0.1, 0.15) is 26.3 Å². The van der Waals surface area contributed by atoms with Crippen molar-refractivity contribution < 1.29 is 26.6 Å². The summed E-state index contributed by atoms with van der Waals surface area (Å²) in [5, 5.41) is 0.924. The molecule has 0 N–H and O–H groups in total. The molecule has 0 saturated carbocycles. The highest BCUT2D eigenvalue weighted by atomic mass is 35.5. The average molecular weight is 460 g/mol. The molecule has 0 heterocycles. The Labute approximate surface area is 175 Å². The van der Waals surface area contributed by atoms with Crippen molar-refractivity contribution in [3.05, 3.63) is 29.8 Å². The molecule has 0 aliphatic carbocycles. The number of rotatable bonds is 12. The van der Waals surface area contributed by atoms with Crippen molar-refractivity contribution in [1.82, 2.24) is 0 Å². The highest BCUT2D eigenvalue weighted by Gasteiger charge is 2.42. The van der Waals surface area contributed by atoms with E-state index in [0.717, 1.165) is 10.8 Å². The average Bonchev–Trinajstić information content (AvgIpc) is 2.71. The van der Waals surface area contributed by atoms with Crippen molar-refractivity contribution in [3.63, 3.8) is 0 Å². The monoisotopic (exact) mass is 458 g/mol. The van der Waals surface area contributed by atoms with E-state index in [4.69, 9.17) is 49.8 Å². The van der Waals surface area contributed by atoms with Crippen molar-refractivity contribution >= 4 is 46.0 Å². The Bertz CT molecular complexity index is 481. The topological polar surface area (TPSA) is 55.4 Å². The third-order valence-corrected chi connectivity index (χ3v) is 10.1. The SMILES string of the molecule is CCO[Si](CCl)(OCC)OCC.CO[Si](OC)(OC)c1ccccc1CCl. The van der Waals surface area contributed by atoms with Crippen molar-refractivity contribution in [1.29, 1.82) is 0 Å². The van der Waals surface area contributed by atoms with Crippen LogP contribution in [0.5, 0.6) is 0 Å². The van der Waals surface area contributed by atoms with Gasteiger partial charge in [0.1, 0.15) is 0 Å². The highest BCUT2D eigenvalue weighted by Crippen LogP contribution is 2.12. The van der Waals surface area contributed by atoms with Crippen molar-refractivity contribution in [2.24, 2.45) is 0 Å². The van der Waals surface area contributed by atoms with Crippen LogP contribution in [0.2, 0.25) is 0 Å². The first-order chi connectivity index (χ1) is 13.0. The van der Waals surface area contributed by atoms with E-state index in [9.17, 15) is 0 Å². The van der Waals surface area contributed by atoms with Gasteiger partial charge in [0.15, 0.2) is 0 Å². The molecule has 6 nitrogen and oxygen atoms in total. The van der Waals surface area contributed by atoms with E-state index in [1.807, 2.05) is 45.0 Å². The van der Waals surface area contributed by atoms with Gasteiger partial charge in [0, 0.05) is 52.2 Å². The Morgan fingerprint density at radius 2 is 1.22 bits per heavy atom. The van der Waals surface area contributed by atoms with Gasteiger partial charge in [-0.25, -0.2) is 0 Å². The van der Waals surface area contributed by atoms with Crippen molar-refractivity contribution in [2.75, 3.05) is 46.7 Å². The third-order valence-electron chi connectivity index (χ3n) is 3.55. The number of hydrogen-bond donors (Lipinski definition) is 0. The quantitative estimate of drug-likeness (QED) is 0.353. The molecule has 10 heteroatoms. The Hall–Kier alpha value is -0.00623. The summed E-state index contributed by atoms with van der Waals surface area (Å²) in [6.45, 7) is 7.47. The van der Waals surface area contributed by atoms with Crippen LogP contribution < -0.4 is 5.19 Å². The lowest BCUT2D eigenvalue weighted by molar-refractivity contribution is 0.0769. The van der Waals surface area contributed by atoms with Gasteiger partial charge in [-0.1, -0.05) is 24.3 Å². The first kappa shape index (κ1) is 27.0. The van der Waals surface area contributed by atoms with Crippen molar-refractivity contribution in [2.45, 2.75) is 26.7 Å². The Morgan fingerprint density at radius 1 is 0.778 bits per heavy atom. The van der Waals surface area contributed by atoms with Gasteiger partial charge in [-0.3, -0.25) is 0 Å². The number of halogens is 2. The van der Waals surface area contributed by atoms with E-state index < -0.39 is 17.6 Å². The van der Waals surface area contributed by atoms with Crippen LogP contribution in [-0.4, -0.2) is 64.3 Å². The van der Waals surface area contributed by atoms with Gasteiger partial charge in [-0.2, -0.15) is 0 Å². The Balaban J connectivity index is 0.000000516. The molecule has 0 unspecified atom stereocenters. The third kappa shape index (κ3) is 8.10. The lowest BCUT2D eigenvalue weighted by Gasteiger charge is -2.26. The normalized spacial score (nSPS) is 11.9. The van der Waals surface area contributed by atoms with E-state index >= 15 is 0 Å². The number of benzene rings is 1. The number of alkyl halides is 2. The largest absolute Gasteiger partial charge is 0.536 e. The summed E-state index contributed by atoms with van der Waals surface area (Å²) >= 11 is 11.6. The van der Waals surface area contributed by atoms with Crippen LogP contribution in [0, 0.1) is 0 Å². The second-order valence-corrected chi connectivity index (χ2v) is 11.5. The second-order valence-electron chi connectivity index (χ2n) is 5.08.